The molecule has 0 aromatic heterocycles. The summed E-state index contributed by atoms with van der Waals surface area (Å²) in [5, 5.41) is 18.3. The predicted octanol–water partition coefficient (Wildman–Crippen LogP) is 6.01. The molecular formula is C45H51N3O8. The minimum Gasteiger partial charge on any atom is -0.489 e. The zero-order chi connectivity index (χ0) is 40.0. The molecule has 0 fully saturated rings. The third-order valence-electron chi connectivity index (χ3n) is 8.78. The van der Waals surface area contributed by atoms with Crippen molar-refractivity contribution in [1.29, 1.82) is 0 Å². The van der Waals surface area contributed by atoms with Crippen LogP contribution >= 0.6 is 0 Å². The van der Waals surface area contributed by atoms with Crippen LogP contribution in [0.4, 0.5) is 4.79 Å². The molecule has 0 bridgehead atoms. The molecule has 0 aliphatic carbocycles. The number of aliphatic hydroxyl groups is 1. The van der Waals surface area contributed by atoms with E-state index in [0.29, 0.717) is 18.8 Å². The number of carbonyl (C=O) groups is 4. The number of carbonyl (C=O) groups excluding carboxylic acids is 4. The van der Waals surface area contributed by atoms with E-state index in [2.05, 4.69) is 29.1 Å². The second kappa shape index (κ2) is 23.6. The summed E-state index contributed by atoms with van der Waals surface area (Å²) in [5.41, 5.74) is 3.59. The van der Waals surface area contributed by atoms with Crippen molar-refractivity contribution >= 4 is 23.9 Å². The molecule has 294 valence electrons. The van der Waals surface area contributed by atoms with Gasteiger partial charge in [-0.05, 0) is 60.1 Å². The Morgan fingerprint density at radius 2 is 1.18 bits per heavy atom. The summed E-state index contributed by atoms with van der Waals surface area (Å²) in [6.45, 7) is 7.39. The highest BCUT2D eigenvalue weighted by molar-refractivity contribution is 5.86. The van der Waals surface area contributed by atoms with Crippen LogP contribution in [0.15, 0.2) is 141 Å². The number of ether oxygens (including phenoxy) is 3. The first kappa shape index (κ1) is 42.5. The van der Waals surface area contributed by atoms with Gasteiger partial charge in [0.2, 0.25) is 11.8 Å². The Morgan fingerprint density at radius 3 is 1.77 bits per heavy atom. The van der Waals surface area contributed by atoms with E-state index in [9.17, 15) is 24.3 Å². The average Bonchev–Trinajstić information content (AvgIpc) is 3.22. The van der Waals surface area contributed by atoms with Crippen LogP contribution in [0.25, 0.3) is 0 Å². The summed E-state index contributed by atoms with van der Waals surface area (Å²) in [6.07, 6.45) is 3.08. The maximum absolute atomic E-state index is 13.8. The molecule has 4 rings (SSSR count). The van der Waals surface area contributed by atoms with Gasteiger partial charge < -0.3 is 35.3 Å². The van der Waals surface area contributed by atoms with E-state index in [1.807, 2.05) is 115 Å². The van der Waals surface area contributed by atoms with Crippen molar-refractivity contribution in [3.8, 4) is 5.75 Å². The number of esters is 1. The largest absolute Gasteiger partial charge is 0.489 e. The molecule has 0 radical (unpaired) electrons. The fraction of sp³-hybridized carbons (Fsp3) is 0.289. The van der Waals surface area contributed by atoms with Crippen LogP contribution < -0.4 is 20.7 Å². The molecular weight excluding hydrogens is 711 g/mol. The molecule has 4 atom stereocenters. The van der Waals surface area contributed by atoms with Crippen molar-refractivity contribution in [3.05, 3.63) is 163 Å². The van der Waals surface area contributed by atoms with E-state index in [-0.39, 0.29) is 45.5 Å². The summed E-state index contributed by atoms with van der Waals surface area (Å²) < 4.78 is 16.9. The number of hydrogen-bond acceptors (Lipinski definition) is 8. The lowest BCUT2D eigenvalue weighted by Crippen LogP contribution is -2.47. The van der Waals surface area contributed by atoms with Gasteiger partial charge in [0, 0.05) is 6.42 Å². The van der Waals surface area contributed by atoms with Gasteiger partial charge in [0.1, 0.15) is 31.6 Å². The van der Waals surface area contributed by atoms with E-state index >= 15 is 0 Å². The highest BCUT2D eigenvalue weighted by atomic mass is 16.6. The van der Waals surface area contributed by atoms with Crippen molar-refractivity contribution in [3.63, 3.8) is 0 Å². The van der Waals surface area contributed by atoms with Crippen LogP contribution in [0.2, 0.25) is 0 Å². The molecule has 4 N–H and O–H groups in total. The number of nitrogens with one attached hydrogen (secondary N) is 3. The minimum absolute atomic E-state index is 0.0182. The molecule has 4 aromatic rings. The van der Waals surface area contributed by atoms with E-state index < -0.39 is 47.9 Å². The van der Waals surface area contributed by atoms with Crippen LogP contribution in [0.1, 0.15) is 41.5 Å². The molecule has 11 heteroatoms. The van der Waals surface area contributed by atoms with Crippen LogP contribution in [0.5, 0.6) is 5.75 Å². The number of rotatable bonds is 23. The monoisotopic (exact) mass is 761 g/mol. The standard InChI is InChI=1S/C45H51N3O8/c1-3-14-37(28-42(50)46-38(29-49)26-33-16-8-5-9-17-33)43(51)47-39(27-34-22-24-40(25-23-34)54-30-35-18-10-6-11-19-35)32-55-44(52)41(15-4-2)48-45(53)56-31-36-20-12-7-13-21-36/h3-13,16-25,37-39,41,49H,1-2,14-15,26-32H2,(H,46,50)(H,47,51)(H,48,53). The molecule has 0 saturated heterocycles. The number of benzene rings is 4. The first-order valence-corrected chi connectivity index (χ1v) is 18.6. The third-order valence-corrected chi connectivity index (χ3v) is 8.78. The van der Waals surface area contributed by atoms with Gasteiger partial charge >= 0.3 is 12.1 Å². The lowest BCUT2D eigenvalue weighted by molar-refractivity contribution is -0.147. The van der Waals surface area contributed by atoms with Gasteiger partial charge in [-0.15, -0.1) is 13.2 Å². The van der Waals surface area contributed by atoms with Crippen molar-refractivity contribution in [2.24, 2.45) is 5.92 Å². The summed E-state index contributed by atoms with van der Waals surface area (Å²) in [4.78, 5) is 52.8. The van der Waals surface area contributed by atoms with Crippen LogP contribution in [0.3, 0.4) is 0 Å². The maximum atomic E-state index is 13.8. The molecule has 56 heavy (non-hydrogen) atoms. The lowest BCUT2D eigenvalue weighted by Gasteiger charge is -2.24. The van der Waals surface area contributed by atoms with Crippen molar-refractivity contribution in [2.75, 3.05) is 13.2 Å². The first-order valence-electron chi connectivity index (χ1n) is 18.6. The highest BCUT2D eigenvalue weighted by Crippen LogP contribution is 2.17. The quantitative estimate of drug-likeness (QED) is 0.0530. The van der Waals surface area contributed by atoms with Crippen LogP contribution in [0, 0.1) is 5.92 Å². The zero-order valence-electron chi connectivity index (χ0n) is 31.5. The van der Waals surface area contributed by atoms with Gasteiger partial charge in [-0.25, -0.2) is 9.59 Å². The topological polar surface area (TPSA) is 152 Å². The fourth-order valence-corrected chi connectivity index (χ4v) is 5.84. The molecule has 0 spiro atoms. The Hall–Kier alpha value is -6.20. The Bertz CT molecular complexity index is 1820. The Labute approximate surface area is 328 Å². The fourth-order valence-electron chi connectivity index (χ4n) is 5.84. The molecule has 11 nitrogen and oxygen atoms in total. The highest BCUT2D eigenvalue weighted by Gasteiger charge is 2.27. The smallest absolute Gasteiger partial charge is 0.408 e. The summed E-state index contributed by atoms with van der Waals surface area (Å²) in [5.74, 6) is -1.69. The number of alkyl carbamates (subject to hydrolysis) is 1. The second-order valence-corrected chi connectivity index (χ2v) is 13.3. The summed E-state index contributed by atoms with van der Waals surface area (Å²) in [7, 11) is 0. The predicted molar refractivity (Wildman–Crippen MR) is 214 cm³/mol. The van der Waals surface area contributed by atoms with E-state index in [1.54, 1.807) is 6.08 Å². The van der Waals surface area contributed by atoms with Gasteiger partial charge in [-0.1, -0.05) is 115 Å². The number of amides is 3. The molecule has 4 aromatic carbocycles. The van der Waals surface area contributed by atoms with Crippen molar-refractivity contribution < 1.29 is 38.5 Å². The number of aliphatic hydroxyl groups excluding tert-OH is 1. The molecule has 3 amide bonds. The molecule has 0 aliphatic rings. The second-order valence-electron chi connectivity index (χ2n) is 13.3. The van der Waals surface area contributed by atoms with Gasteiger partial charge in [-0.3, -0.25) is 9.59 Å². The molecule has 0 saturated carbocycles. The minimum atomic E-state index is -1.08. The number of hydrogen-bond donors (Lipinski definition) is 4. The zero-order valence-corrected chi connectivity index (χ0v) is 31.5. The Balaban J connectivity index is 1.42. The van der Waals surface area contributed by atoms with Gasteiger partial charge in [-0.2, -0.15) is 0 Å². The lowest BCUT2D eigenvalue weighted by atomic mass is 9.97. The van der Waals surface area contributed by atoms with E-state index in [0.717, 1.165) is 22.3 Å². The number of allylic oxidation sites excluding steroid dienone is 1. The molecule has 0 aliphatic heterocycles. The Morgan fingerprint density at radius 1 is 0.625 bits per heavy atom. The SMILES string of the molecule is C=CCC(CC(=O)NC(CO)Cc1ccccc1)C(=O)NC(COC(=O)C(CC=C)NC(=O)OCc1ccccc1)Cc1ccc(OCc2ccccc2)cc1. The average molecular weight is 762 g/mol. The van der Waals surface area contributed by atoms with Crippen molar-refractivity contribution in [1.82, 2.24) is 16.0 Å². The van der Waals surface area contributed by atoms with Crippen molar-refractivity contribution in [2.45, 2.75) is 63.4 Å². The Kier molecular flexibility index (Phi) is 17.9. The van der Waals surface area contributed by atoms with Gasteiger partial charge in [0.15, 0.2) is 0 Å². The maximum Gasteiger partial charge on any atom is 0.408 e. The van der Waals surface area contributed by atoms with Gasteiger partial charge in [0.05, 0.1) is 24.6 Å². The summed E-state index contributed by atoms with van der Waals surface area (Å²) >= 11 is 0. The van der Waals surface area contributed by atoms with Crippen LogP contribution in [-0.2, 0) is 49.9 Å². The normalized spacial score (nSPS) is 12.8. The molecule has 0 heterocycles. The van der Waals surface area contributed by atoms with Crippen LogP contribution in [-0.4, -0.2) is 60.3 Å². The third kappa shape index (κ3) is 15.3. The van der Waals surface area contributed by atoms with E-state index in [1.165, 1.54) is 6.08 Å². The van der Waals surface area contributed by atoms with E-state index in [4.69, 9.17) is 14.2 Å². The first-order chi connectivity index (χ1) is 27.3. The summed E-state index contributed by atoms with van der Waals surface area (Å²) in [6, 6.07) is 33.4. The molecule has 4 unspecified atom stereocenters. The van der Waals surface area contributed by atoms with Gasteiger partial charge in [0.25, 0.3) is 0 Å².